The minimum Gasteiger partial charge on any atom is -0.374 e. The molecule has 0 amide bonds. The highest BCUT2D eigenvalue weighted by molar-refractivity contribution is 4.87. The molecule has 1 aliphatic carbocycles. The minimum atomic E-state index is 0.400. The van der Waals surface area contributed by atoms with Crippen LogP contribution < -0.4 is 5.32 Å². The summed E-state index contributed by atoms with van der Waals surface area (Å²) in [4.78, 5) is 2.35. The number of hydrogen-bond acceptors (Lipinski definition) is 3. The molecule has 2 fully saturated rings. The molecule has 0 radical (unpaired) electrons. The monoisotopic (exact) mass is 226 g/mol. The number of hydrogen-bond donors (Lipinski definition) is 1. The second-order valence-corrected chi connectivity index (χ2v) is 5.84. The van der Waals surface area contributed by atoms with Gasteiger partial charge >= 0.3 is 0 Å². The van der Waals surface area contributed by atoms with E-state index in [0.717, 1.165) is 44.1 Å². The van der Waals surface area contributed by atoms with Crippen LogP contribution in [0.3, 0.4) is 0 Å². The Morgan fingerprint density at radius 3 is 2.75 bits per heavy atom. The van der Waals surface area contributed by atoms with E-state index in [1.165, 1.54) is 12.8 Å². The number of nitrogens with zero attached hydrogens (tertiary/aromatic N) is 1. The van der Waals surface area contributed by atoms with E-state index in [9.17, 15) is 0 Å². The highest BCUT2D eigenvalue weighted by Gasteiger charge is 2.31. The van der Waals surface area contributed by atoms with Gasteiger partial charge in [0.1, 0.15) is 0 Å². The topological polar surface area (TPSA) is 24.5 Å². The molecule has 0 aromatic carbocycles. The van der Waals surface area contributed by atoms with Crippen molar-refractivity contribution < 1.29 is 4.74 Å². The van der Waals surface area contributed by atoms with Gasteiger partial charge in [-0.1, -0.05) is 13.8 Å². The van der Waals surface area contributed by atoms with Crippen LogP contribution in [0.25, 0.3) is 0 Å². The van der Waals surface area contributed by atoms with Crippen molar-refractivity contribution in [2.75, 3.05) is 33.3 Å². The highest BCUT2D eigenvalue weighted by atomic mass is 16.5. The smallest absolute Gasteiger partial charge is 0.0826 e. The summed E-state index contributed by atoms with van der Waals surface area (Å²) in [5.74, 6) is 1.81. The summed E-state index contributed by atoms with van der Waals surface area (Å²) in [6, 6.07) is 0.753. The Hall–Kier alpha value is -0.120. The summed E-state index contributed by atoms with van der Waals surface area (Å²) in [6.45, 7) is 8.74. The first-order valence-corrected chi connectivity index (χ1v) is 6.68. The molecule has 1 atom stereocenters. The van der Waals surface area contributed by atoms with Crippen LogP contribution >= 0.6 is 0 Å². The lowest BCUT2D eigenvalue weighted by atomic mass is 9.73. The number of morpholine rings is 1. The molecule has 1 unspecified atom stereocenters. The number of rotatable bonds is 4. The summed E-state index contributed by atoms with van der Waals surface area (Å²) in [5, 5.41) is 3.64. The number of nitrogens with one attached hydrogen (secondary N) is 1. The molecule has 1 aliphatic heterocycles. The van der Waals surface area contributed by atoms with E-state index in [1.54, 1.807) is 0 Å². The van der Waals surface area contributed by atoms with Crippen LogP contribution in [0.15, 0.2) is 0 Å². The fraction of sp³-hybridized carbons (Fsp3) is 1.00. The maximum atomic E-state index is 5.74. The maximum absolute atomic E-state index is 5.74. The van der Waals surface area contributed by atoms with Gasteiger partial charge < -0.3 is 15.0 Å². The van der Waals surface area contributed by atoms with Crippen LogP contribution in [0.4, 0.5) is 0 Å². The minimum absolute atomic E-state index is 0.400. The zero-order valence-corrected chi connectivity index (χ0v) is 10.9. The van der Waals surface area contributed by atoms with E-state index in [-0.39, 0.29) is 0 Å². The summed E-state index contributed by atoms with van der Waals surface area (Å²) < 4.78 is 5.74. The molecule has 1 saturated heterocycles. The predicted octanol–water partition coefficient (Wildman–Crippen LogP) is 1.34. The maximum Gasteiger partial charge on any atom is 0.0826 e. The van der Waals surface area contributed by atoms with E-state index in [2.05, 4.69) is 31.1 Å². The molecule has 0 aromatic heterocycles. The van der Waals surface area contributed by atoms with Crippen LogP contribution in [0.5, 0.6) is 0 Å². The van der Waals surface area contributed by atoms with E-state index in [1.807, 2.05) is 0 Å². The van der Waals surface area contributed by atoms with Gasteiger partial charge in [0.2, 0.25) is 0 Å². The largest absolute Gasteiger partial charge is 0.374 e. The van der Waals surface area contributed by atoms with Crippen LogP contribution in [0.2, 0.25) is 0 Å². The van der Waals surface area contributed by atoms with Crippen molar-refractivity contribution in [1.29, 1.82) is 0 Å². The zero-order valence-electron chi connectivity index (χ0n) is 10.9. The van der Waals surface area contributed by atoms with Gasteiger partial charge in [-0.15, -0.1) is 0 Å². The summed E-state index contributed by atoms with van der Waals surface area (Å²) in [6.07, 6.45) is 3.12. The van der Waals surface area contributed by atoms with Crippen LogP contribution in [0.1, 0.15) is 26.7 Å². The SMILES string of the molecule is CC(C)C1CC(NCC2CN(C)CCO2)C1. The van der Waals surface area contributed by atoms with E-state index in [0.29, 0.717) is 6.10 Å². The van der Waals surface area contributed by atoms with E-state index >= 15 is 0 Å². The Labute approximate surface area is 99.5 Å². The standard InChI is InChI=1S/C13H26N2O/c1-10(2)11-6-12(7-11)14-8-13-9-15(3)4-5-16-13/h10-14H,4-9H2,1-3H3. The van der Waals surface area contributed by atoms with Crippen molar-refractivity contribution in [2.24, 2.45) is 11.8 Å². The second-order valence-electron chi connectivity index (χ2n) is 5.84. The van der Waals surface area contributed by atoms with Gasteiger partial charge in [-0.3, -0.25) is 0 Å². The van der Waals surface area contributed by atoms with E-state index < -0.39 is 0 Å². The molecule has 1 saturated carbocycles. The lowest BCUT2D eigenvalue weighted by molar-refractivity contribution is -0.0219. The van der Waals surface area contributed by atoms with Gasteiger partial charge in [0.25, 0.3) is 0 Å². The van der Waals surface area contributed by atoms with Crippen LogP contribution in [0, 0.1) is 11.8 Å². The average Bonchev–Trinajstić information content (AvgIpc) is 2.14. The molecule has 3 nitrogen and oxygen atoms in total. The lowest BCUT2D eigenvalue weighted by Crippen LogP contribution is -2.50. The molecular weight excluding hydrogens is 200 g/mol. The van der Waals surface area contributed by atoms with Crippen molar-refractivity contribution in [2.45, 2.75) is 38.8 Å². The zero-order chi connectivity index (χ0) is 11.5. The van der Waals surface area contributed by atoms with Gasteiger partial charge in [-0.25, -0.2) is 0 Å². The third-order valence-electron chi connectivity index (χ3n) is 4.09. The first kappa shape index (κ1) is 12.3. The second kappa shape index (κ2) is 5.48. The third-order valence-corrected chi connectivity index (χ3v) is 4.09. The Morgan fingerprint density at radius 2 is 2.12 bits per heavy atom. The van der Waals surface area contributed by atoms with Crippen molar-refractivity contribution in [3.8, 4) is 0 Å². The van der Waals surface area contributed by atoms with Gasteiger partial charge in [0, 0.05) is 25.7 Å². The van der Waals surface area contributed by atoms with Gasteiger partial charge in [0.15, 0.2) is 0 Å². The van der Waals surface area contributed by atoms with Crippen LogP contribution in [-0.2, 0) is 4.74 Å². The molecule has 2 aliphatic rings. The fourth-order valence-corrected chi connectivity index (χ4v) is 2.66. The average molecular weight is 226 g/mol. The third kappa shape index (κ3) is 3.19. The molecular formula is C13H26N2O. The summed E-state index contributed by atoms with van der Waals surface area (Å²) in [7, 11) is 2.17. The fourth-order valence-electron chi connectivity index (χ4n) is 2.66. The lowest BCUT2D eigenvalue weighted by Gasteiger charge is -2.40. The Morgan fingerprint density at radius 1 is 1.38 bits per heavy atom. The van der Waals surface area contributed by atoms with Crippen molar-refractivity contribution in [3.05, 3.63) is 0 Å². The molecule has 1 heterocycles. The van der Waals surface area contributed by atoms with Gasteiger partial charge in [-0.05, 0) is 31.7 Å². The molecule has 0 spiro atoms. The molecule has 0 bridgehead atoms. The summed E-state index contributed by atoms with van der Waals surface area (Å²) >= 11 is 0. The normalized spacial score (nSPS) is 36.4. The number of likely N-dealkylation sites (N-methyl/N-ethyl adjacent to an activating group) is 1. The van der Waals surface area contributed by atoms with Crippen molar-refractivity contribution in [1.82, 2.24) is 10.2 Å². The molecule has 1 N–H and O–H groups in total. The van der Waals surface area contributed by atoms with Crippen LogP contribution in [-0.4, -0.2) is 50.3 Å². The quantitative estimate of drug-likeness (QED) is 0.783. The van der Waals surface area contributed by atoms with Gasteiger partial charge in [0.05, 0.1) is 12.7 Å². The first-order valence-electron chi connectivity index (χ1n) is 6.68. The van der Waals surface area contributed by atoms with Crippen molar-refractivity contribution in [3.63, 3.8) is 0 Å². The Balaban J connectivity index is 1.58. The number of ether oxygens (including phenoxy) is 1. The van der Waals surface area contributed by atoms with E-state index in [4.69, 9.17) is 4.74 Å². The van der Waals surface area contributed by atoms with Crippen molar-refractivity contribution >= 4 is 0 Å². The Kier molecular flexibility index (Phi) is 4.22. The Bertz CT molecular complexity index is 214. The predicted molar refractivity (Wildman–Crippen MR) is 66.6 cm³/mol. The molecule has 16 heavy (non-hydrogen) atoms. The highest BCUT2D eigenvalue weighted by Crippen LogP contribution is 2.33. The molecule has 2 rings (SSSR count). The molecule has 94 valence electrons. The first-order chi connectivity index (χ1) is 7.65. The molecule has 0 aromatic rings. The van der Waals surface area contributed by atoms with Gasteiger partial charge in [-0.2, -0.15) is 0 Å². The summed E-state index contributed by atoms with van der Waals surface area (Å²) in [5.41, 5.74) is 0. The molecule has 3 heteroatoms.